The molecule has 29 heavy (non-hydrogen) atoms. The molecule has 0 atom stereocenters. The Labute approximate surface area is 169 Å². The van der Waals surface area contributed by atoms with Gasteiger partial charge in [0.05, 0.1) is 20.3 Å². The zero-order chi connectivity index (χ0) is 20.4. The maximum absolute atomic E-state index is 6.29. The van der Waals surface area contributed by atoms with Gasteiger partial charge in [-0.1, -0.05) is 6.42 Å². The number of hydrogen-bond donors (Lipinski definition) is 2. The average molecular weight is 395 g/mol. The second-order valence-electron chi connectivity index (χ2n) is 7.14. The molecule has 0 bridgehead atoms. The van der Waals surface area contributed by atoms with Gasteiger partial charge in [0, 0.05) is 11.3 Å². The Kier molecular flexibility index (Phi) is 4.96. The summed E-state index contributed by atoms with van der Waals surface area (Å²) in [5.74, 6) is 2.01. The lowest BCUT2D eigenvalue weighted by atomic mass is 9.87. The third-order valence-corrected chi connectivity index (χ3v) is 5.33. The minimum atomic E-state index is -0.467. The second kappa shape index (κ2) is 7.57. The van der Waals surface area contributed by atoms with E-state index < -0.39 is 5.66 Å². The summed E-state index contributed by atoms with van der Waals surface area (Å²) in [6.07, 6.45) is 5.13. The SMILES string of the molecule is COc1cc(OC)nc(-c2ccc(N3C(N)=NC(N)=NC34CCCCC4)cc2)n1. The highest BCUT2D eigenvalue weighted by atomic mass is 16.5. The highest BCUT2D eigenvalue weighted by Crippen LogP contribution is 2.39. The molecule has 9 nitrogen and oxygen atoms in total. The van der Waals surface area contributed by atoms with Gasteiger partial charge in [0.2, 0.25) is 23.7 Å². The molecule has 2 aromatic rings. The van der Waals surface area contributed by atoms with Gasteiger partial charge in [0.15, 0.2) is 5.82 Å². The molecule has 1 aliphatic carbocycles. The molecule has 1 aliphatic heterocycles. The van der Waals surface area contributed by atoms with Crippen molar-refractivity contribution in [1.82, 2.24) is 9.97 Å². The highest BCUT2D eigenvalue weighted by Gasteiger charge is 2.42. The van der Waals surface area contributed by atoms with Crippen molar-refractivity contribution in [2.45, 2.75) is 37.8 Å². The van der Waals surface area contributed by atoms with E-state index in [-0.39, 0.29) is 5.96 Å². The summed E-state index contributed by atoms with van der Waals surface area (Å²) in [5, 5.41) is 0. The minimum Gasteiger partial charge on any atom is -0.481 e. The first kappa shape index (κ1) is 19.0. The lowest BCUT2D eigenvalue weighted by molar-refractivity contribution is 0.305. The molecule has 1 saturated carbocycles. The summed E-state index contributed by atoms with van der Waals surface area (Å²) in [6, 6.07) is 9.46. The van der Waals surface area contributed by atoms with E-state index in [1.807, 2.05) is 29.2 Å². The molecule has 1 aromatic heterocycles. The number of rotatable bonds is 4. The molecule has 1 fully saturated rings. The summed E-state index contributed by atoms with van der Waals surface area (Å²) < 4.78 is 10.5. The first-order valence-electron chi connectivity index (χ1n) is 9.62. The van der Waals surface area contributed by atoms with E-state index in [1.165, 1.54) is 6.42 Å². The normalized spacial score (nSPS) is 18.2. The first-order valence-corrected chi connectivity index (χ1v) is 9.62. The van der Waals surface area contributed by atoms with Crippen molar-refractivity contribution in [3.8, 4) is 23.1 Å². The van der Waals surface area contributed by atoms with Gasteiger partial charge in [-0.25, -0.2) is 4.99 Å². The molecule has 9 heteroatoms. The minimum absolute atomic E-state index is 0.245. The molecule has 0 radical (unpaired) electrons. The fourth-order valence-corrected chi connectivity index (χ4v) is 4.00. The van der Waals surface area contributed by atoms with E-state index in [9.17, 15) is 0 Å². The molecular formula is C20H25N7O2. The summed E-state index contributed by atoms with van der Waals surface area (Å²) in [5.41, 5.74) is 13.5. The second-order valence-corrected chi connectivity index (χ2v) is 7.14. The molecule has 1 spiro atoms. The summed E-state index contributed by atoms with van der Waals surface area (Å²) >= 11 is 0. The number of methoxy groups -OCH3 is 2. The van der Waals surface area contributed by atoms with Crippen LogP contribution in [0.5, 0.6) is 11.8 Å². The summed E-state index contributed by atoms with van der Waals surface area (Å²) in [4.78, 5) is 19.7. The van der Waals surface area contributed by atoms with Crippen molar-refractivity contribution >= 4 is 17.6 Å². The number of anilines is 1. The number of benzene rings is 1. The predicted molar refractivity (Wildman–Crippen MR) is 112 cm³/mol. The van der Waals surface area contributed by atoms with Gasteiger partial charge in [-0.2, -0.15) is 15.0 Å². The topological polar surface area (TPSA) is 124 Å². The molecule has 0 amide bonds. The maximum atomic E-state index is 6.29. The fraction of sp³-hybridized carbons (Fsp3) is 0.400. The molecule has 2 heterocycles. The molecule has 2 aliphatic rings. The van der Waals surface area contributed by atoms with Crippen molar-refractivity contribution in [1.29, 1.82) is 0 Å². The van der Waals surface area contributed by atoms with Gasteiger partial charge < -0.3 is 20.9 Å². The van der Waals surface area contributed by atoms with Crippen molar-refractivity contribution in [3.05, 3.63) is 30.3 Å². The highest BCUT2D eigenvalue weighted by molar-refractivity contribution is 6.05. The van der Waals surface area contributed by atoms with Gasteiger partial charge in [-0.15, -0.1) is 0 Å². The van der Waals surface area contributed by atoms with Gasteiger partial charge in [0.25, 0.3) is 0 Å². The van der Waals surface area contributed by atoms with E-state index in [1.54, 1.807) is 20.3 Å². The number of aliphatic imine (C=N–C) groups is 2. The zero-order valence-electron chi connectivity index (χ0n) is 16.6. The van der Waals surface area contributed by atoms with Crippen molar-refractivity contribution in [2.75, 3.05) is 19.1 Å². The van der Waals surface area contributed by atoms with E-state index in [4.69, 9.17) is 25.9 Å². The molecule has 4 rings (SSSR count). The third-order valence-electron chi connectivity index (χ3n) is 5.33. The van der Waals surface area contributed by atoms with E-state index in [2.05, 4.69) is 15.0 Å². The largest absolute Gasteiger partial charge is 0.481 e. The number of nitrogens with zero attached hydrogens (tertiary/aromatic N) is 5. The van der Waals surface area contributed by atoms with Crippen LogP contribution in [0.25, 0.3) is 11.4 Å². The molecule has 152 valence electrons. The first-order chi connectivity index (χ1) is 14.0. The molecule has 1 aromatic carbocycles. The van der Waals surface area contributed by atoms with Crippen LogP contribution in [-0.4, -0.2) is 41.8 Å². The monoisotopic (exact) mass is 395 g/mol. The standard InChI is InChI=1S/C20H25N7O2/c1-28-15-12-16(29-2)24-17(23-15)13-6-8-14(9-7-13)27-19(22)25-18(21)26-20(27)10-4-3-5-11-20/h6-9,12H,3-5,10-11H2,1-2H3,(H4,21,22,25,26). The Balaban J connectivity index is 1.69. The van der Waals surface area contributed by atoms with Crippen LogP contribution in [0.15, 0.2) is 40.3 Å². The van der Waals surface area contributed by atoms with Gasteiger partial charge in [0.1, 0.15) is 5.66 Å². The quantitative estimate of drug-likeness (QED) is 0.813. The molecule has 0 saturated heterocycles. The van der Waals surface area contributed by atoms with Crippen LogP contribution >= 0.6 is 0 Å². The number of guanidine groups is 2. The van der Waals surface area contributed by atoms with Crippen molar-refractivity contribution in [2.24, 2.45) is 21.5 Å². The Bertz CT molecular complexity index is 928. The van der Waals surface area contributed by atoms with E-state index in [0.29, 0.717) is 23.5 Å². The van der Waals surface area contributed by atoms with Crippen LogP contribution in [0.4, 0.5) is 5.69 Å². The number of aromatic nitrogens is 2. The van der Waals surface area contributed by atoms with Crippen LogP contribution in [0.3, 0.4) is 0 Å². The third kappa shape index (κ3) is 3.55. The average Bonchev–Trinajstić information content (AvgIpc) is 2.73. The van der Waals surface area contributed by atoms with Crippen LogP contribution < -0.4 is 25.8 Å². The Hall–Kier alpha value is -3.36. The molecule has 4 N–H and O–H groups in total. The summed E-state index contributed by atoms with van der Waals surface area (Å²) in [7, 11) is 3.12. The van der Waals surface area contributed by atoms with Crippen molar-refractivity contribution < 1.29 is 9.47 Å². The van der Waals surface area contributed by atoms with Gasteiger partial charge >= 0.3 is 0 Å². The fourth-order valence-electron chi connectivity index (χ4n) is 4.00. The maximum Gasteiger partial charge on any atom is 0.220 e. The lowest BCUT2D eigenvalue weighted by Gasteiger charge is -2.45. The Morgan fingerprint density at radius 2 is 1.55 bits per heavy atom. The van der Waals surface area contributed by atoms with E-state index in [0.717, 1.165) is 36.9 Å². The number of ether oxygens (including phenoxy) is 2. The predicted octanol–water partition coefficient (Wildman–Crippen LogP) is 2.27. The van der Waals surface area contributed by atoms with Crippen LogP contribution in [0.2, 0.25) is 0 Å². The van der Waals surface area contributed by atoms with Gasteiger partial charge in [-0.3, -0.25) is 4.90 Å². The Morgan fingerprint density at radius 3 is 2.14 bits per heavy atom. The smallest absolute Gasteiger partial charge is 0.220 e. The number of nitrogens with two attached hydrogens (primary N) is 2. The molecule has 0 unspecified atom stereocenters. The molecular weight excluding hydrogens is 370 g/mol. The Morgan fingerprint density at radius 1 is 0.931 bits per heavy atom. The van der Waals surface area contributed by atoms with E-state index >= 15 is 0 Å². The zero-order valence-corrected chi connectivity index (χ0v) is 16.6. The summed E-state index contributed by atoms with van der Waals surface area (Å²) in [6.45, 7) is 0. The lowest BCUT2D eigenvalue weighted by Crippen LogP contribution is -2.58. The van der Waals surface area contributed by atoms with Crippen LogP contribution in [0, 0.1) is 0 Å². The number of hydrogen-bond acceptors (Lipinski definition) is 9. The van der Waals surface area contributed by atoms with Crippen LogP contribution in [0.1, 0.15) is 32.1 Å². The van der Waals surface area contributed by atoms with Crippen LogP contribution in [-0.2, 0) is 0 Å². The van der Waals surface area contributed by atoms with Gasteiger partial charge in [-0.05, 0) is 49.9 Å². The van der Waals surface area contributed by atoms with Crippen molar-refractivity contribution in [3.63, 3.8) is 0 Å².